The van der Waals surface area contributed by atoms with Gasteiger partial charge in [0.25, 0.3) is 0 Å². The van der Waals surface area contributed by atoms with Crippen LogP contribution in [0.1, 0.15) is 6.92 Å². The van der Waals surface area contributed by atoms with Crippen molar-refractivity contribution in [1.29, 1.82) is 5.26 Å². The van der Waals surface area contributed by atoms with Gasteiger partial charge in [-0.1, -0.05) is 0 Å². The largest absolute Gasteiger partial charge is 0.512 e. The topological polar surface area (TPSA) is 44.0 Å². The summed E-state index contributed by atoms with van der Waals surface area (Å²) >= 11 is 0. The van der Waals surface area contributed by atoms with Crippen molar-refractivity contribution >= 4 is 29.6 Å². The van der Waals surface area contributed by atoms with Crippen molar-refractivity contribution in [2.75, 3.05) is 0 Å². The Hall–Kier alpha value is 0.0300. The molecule has 0 unspecified atom stereocenters. The summed E-state index contributed by atoms with van der Waals surface area (Å²) in [6.07, 6.45) is 1.07. The van der Waals surface area contributed by atoms with Crippen LogP contribution in [0.4, 0.5) is 0 Å². The molecule has 0 aromatic carbocycles. The van der Waals surface area contributed by atoms with Gasteiger partial charge in [0.05, 0.1) is 17.9 Å². The molecule has 0 heterocycles. The minimum absolute atomic E-state index is 0. The van der Waals surface area contributed by atoms with E-state index in [0.717, 1.165) is 6.08 Å². The molecule has 7 heavy (non-hydrogen) atoms. The summed E-state index contributed by atoms with van der Waals surface area (Å²) in [4.78, 5) is 0. The average Bonchev–Trinajstić information content (AvgIpc) is 1.35. The molecule has 0 rings (SSSR count). The van der Waals surface area contributed by atoms with Crippen LogP contribution in [0.5, 0.6) is 0 Å². The molecule has 0 atom stereocenters. The second-order valence-corrected chi connectivity index (χ2v) is 0.915. The Morgan fingerprint density at radius 1 is 1.86 bits per heavy atom. The van der Waals surface area contributed by atoms with E-state index in [4.69, 9.17) is 10.4 Å². The summed E-state index contributed by atoms with van der Waals surface area (Å²) in [5.74, 6) is 0.0532. The smallest absolute Gasteiger partial charge is 0.0996 e. The molecule has 0 bridgehead atoms. The minimum Gasteiger partial charge on any atom is -0.512 e. The summed E-state index contributed by atoms with van der Waals surface area (Å²) in [5.41, 5.74) is 0. The third kappa shape index (κ3) is 10.7. The molecule has 0 aromatic rings. The van der Waals surface area contributed by atoms with Crippen molar-refractivity contribution in [2.45, 2.75) is 6.92 Å². The minimum atomic E-state index is 0. The second-order valence-electron chi connectivity index (χ2n) is 0.915. The van der Waals surface area contributed by atoms with Gasteiger partial charge in [0, 0.05) is 29.6 Å². The molecule has 3 heteroatoms. The fourth-order valence-corrected chi connectivity index (χ4v) is 0.0934. The summed E-state index contributed by atoms with van der Waals surface area (Å²) in [6.45, 7) is 1.45. The molecule has 0 fully saturated rings. The maximum atomic E-state index is 8.19. The van der Waals surface area contributed by atoms with E-state index >= 15 is 0 Å². The molecule has 1 N–H and O–H groups in total. The number of aliphatic hydroxyl groups excluding tert-OH is 1. The van der Waals surface area contributed by atoms with Gasteiger partial charge in [-0.3, -0.25) is 0 Å². The van der Waals surface area contributed by atoms with Crippen molar-refractivity contribution in [3.8, 4) is 6.07 Å². The molecule has 0 saturated heterocycles. The molecule has 2 nitrogen and oxygen atoms in total. The maximum Gasteiger partial charge on any atom is 0.0996 e. The van der Waals surface area contributed by atoms with Gasteiger partial charge in [0.2, 0.25) is 0 Å². The molecular weight excluding hydrogens is 101 g/mol. The van der Waals surface area contributed by atoms with Crippen molar-refractivity contribution < 1.29 is 5.11 Å². The average molecular weight is 106 g/mol. The van der Waals surface area contributed by atoms with Crippen LogP contribution in [0.2, 0.25) is 0 Å². The molecule has 0 aromatic heterocycles. The Morgan fingerprint density at radius 3 is 2.29 bits per heavy atom. The molecule has 0 amide bonds. The van der Waals surface area contributed by atoms with Crippen LogP contribution < -0.4 is 0 Å². The zero-order chi connectivity index (χ0) is 4.99. The van der Waals surface area contributed by atoms with Crippen LogP contribution in [0.15, 0.2) is 11.8 Å². The number of hydrogen-bond donors (Lipinski definition) is 1. The molecule has 0 saturated carbocycles. The van der Waals surface area contributed by atoms with E-state index < -0.39 is 0 Å². The molecule has 33 valence electrons. The fraction of sp³-hybridized carbons (Fsp3) is 0.250. The number of nitriles is 1. The van der Waals surface area contributed by atoms with Gasteiger partial charge in [-0.25, -0.2) is 0 Å². The predicted molar refractivity (Wildman–Crippen MR) is 27.8 cm³/mol. The normalized spacial score (nSPS) is 8.86. The quantitative estimate of drug-likeness (QED) is 0.279. The van der Waals surface area contributed by atoms with Crippen LogP contribution in [0, 0.1) is 11.3 Å². The molecule has 0 aliphatic carbocycles. The third-order valence-corrected chi connectivity index (χ3v) is 0.273. The van der Waals surface area contributed by atoms with Gasteiger partial charge >= 0.3 is 0 Å². The summed E-state index contributed by atoms with van der Waals surface area (Å²) < 4.78 is 0. The zero-order valence-electron chi connectivity index (χ0n) is 4.47. The molecule has 0 spiro atoms. The van der Waals surface area contributed by atoms with E-state index in [-0.39, 0.29) is 35.3 Å². The first-order valence-electron chi connectivity index (χ1n) is 1.52. The Labute approximate surface area is 64.7 Å². The van der Waals surface area contributed by atoms with E-state index in [0.29, 0.717) is 0 Å². The Balaban J connectivity index is 0. The fourth-order valence-electron chi connectivity index (χ4n) is 0.0934. The summed E-state index contributed by atoms with van der Waals surface area (Å²) in [5, 5.41) is 15.9. The molecular formula is C4H5NNaO. The van der Waals surface area contributed by atoms with Gasteiger partial charge < -0.3 is 5.11 Å². The van der Waals surface area contributed by atoms with Crippen molar-refractivity contribution in [3.05, 3.63) is 11.8 Å². The summed E-state index contributed by atoms with van der Waals surface area (Å²) in [6, 6.07) is 1.66. The van der Waals surface area contributed by atoms with Crippen LogP contribution >= 0.6 is 0 Å². The summed E-state index contributed by atoms with van der Waals surface area (Å²) in [7, 11) is 0. The predicted octanol–water partition coefficient (Wildman–Crippen LogP) is 0.591. The zero-order valence-corrected chi connectivity index (χ0v) is 6.47. The van der Waals surface area contributed by atoms with Gasteiger partial charge in [0.1, 0.15) is 0 Å². The van der Waals surface area contributed by atoms with Crippen molar-refractivity contribution in [2.24, 2.45) is 0 Å². The number of nitrogens with zero attached hydrogens (tertiary/aromatic N) is 1. The Kier molecular flexibility index (Phi) is 8.70. The van der Waals surface area contributed by atoms with Crippen LogP contribution in [0.25, 0.3) is 0 Å². The first-order valence-corrected chi connectivity index (χ1v) is 1.52. The van der Waals surface area contributed by atoms with Gasteiger partial charge in [0.15, 0.2) is 0 Å². The standard InChI is InChI=1S/C4H5NO.Na/c1-4(6)2-3-5;/h2,6H,1H3;/b4-2-;. The van der Waals surface area contributed by atoms with Crippen molar-refractivity contribution in [1.82, 2.24) is 0 Å². The van der Waals surface area contributed by atoms with Crippen molar-refractivity contribution in [3.63, 3.8) is 0 Å². The van der Waals surface area contributed by atoms with E-state index in [2.05, 4.69) is 0 Å². The number of allylic oxidation sites excluding steroid dienone is 2. The third-order valence-electron chi connectivity index (χ3n) is 0.273. The van der Waals surface area contributed by atoms with Gasteiger partial charge in [-0.15, -0.1) is 0 Å². The number of aliphatic hydroxyl groups is 1. The first kappa shape index (κ1) is 10.1. The van der Waals surface area contributed by atoms with Gasteiger partial charge in [-0.2, -0.15) is 5.26 Å². The Bertz CT molecular complexity index is 98.7. The van der Waals surface area contributed by atoms with Crippen LogP contribution in [-0.2, 0) is 0 Å². The van der Waals surface area contributed by atoms with E-state index in [1.807, 2.05) is 0 Å². The maximum absolute atomic E-state index is 8.19. The van der Waals surface area contributed by atoms with E-state index in [1.54, 1.807) is 6.07 Å². The molecule has 1 radical (unpaired) electrons. The van der Waals surface area contributed by atoms with Gasteiger partial charge in [-0.05, 0) is 6.92 Å². The van der Waals surface area contributed by atoms with Crippen LogP contribution in [0.3, 0.4) is 0 Å². The molecule has 0 aliphatic heterocycles. The monoisotopic (exact) mass is 106 g/mol. The SMILES string of the molecule is C/C(O)=C/C#N.[Na]. The van der Waals surface area contributed by atoms with Crippen LogP contribution in [-0.4, -0.2) is 34.7 Å². The second kappa shape index (κ2) is 6.03. The number of hydrogen-bond acceptors (Lipinski definition) is 2. The molecule has 0 aliphatic rings. The van der Waals surface area contributed by atoms with E-state index in [9.17, 15) is 0 Å². The number of rotatable bonds is 0. The first-order chi connectivity index (χ1) is 2.77. The van der Waals surface area contributed by atoms with E-state index in [1.165, 1.54) is 6.92 Å². The Morgan fingerprint density at radius 2 is 2.29 bits per heavy atom.